The summed E-state index contributed by atoms with van der Waals surface area (Å²) in [5, 5.41) is 13.9. The van der Waals surface area contributed by atoms with E-state index in [0.29, 0.717) is 10.9 Å². The molecule has 0 saturated heterocycles. The van der Waals surface area contributed by atoms with E-state index in [1.165, 1.54) is 61.3 Å². The van der Waals surface area contributed by atoms with Gasteiger partial charge < -0.3 is 14.8 Å². The molecule has 0 aliphatic carbocycles. The molecule has 1 aromatic heterocycles. The van der Waals surface area contributed by atoms with Crippen molar-refractivity contribution in [2.24, 2.45) is 0 Å². The van der Waals surface area contributed by atoms with Crippen molar-refractivity contribution in [3.8, 4) is 5.75 Å². The number of aromatic nitrogens is 2. The third kappa shape index (κ3) is 7.09. The molecule has 3 rings (SSSR count). The number of amides is 1. The van der Waals surface area contributed by atoms with Crippen molar-refractivity contribution in [1.82, 2.24) is 9.97 Å². The van der Waals surface area contributed by atoms with Crippen LogP contribution in [0.3, 0.4) is 0 Å². The minimum atomic E-state index is -0.790. The van der Waals surface area contributed by atoms with Gasteiger partial charge in [-0.2, -0.15) is 0 Å². The van der Waals surface area contributed by atoms with Gasteiger partial charge in [-0.3, -0.25) is 19.7 Å². The molecular weight excluding hydrogens is 488 g/mol. The van der Waals surface area contributed by atoms with Crippen molar-refractivity contribution in [2.45, 2.75) is 19.0 Å². The molecule has 0 atom stereocenters. The molecule has 12 heteroatoms. The number of nitrogens with one attached hydrogen (secondary N) is 1. The van der Waals surface area contributed by atoms with Gasteiger partial charge in [0.1, 0.15) is 5.75 Å². The Balaban J connectivity index is 1.61. The van der Waals surface area contributed by atoms with E-state index in [9.17, 15) is 24.5 Å². The molecule has 0 bridgehead atoms. The second-order valence-electron chi connectivity index (χ2n) is 7.49. The Morgan fingerprint density at radius 3 is 2.25 bits per heavy atom. The summed E-state index contributed by atoms with van der Waals surface area (Å²) < 4.78 is 10.3. The molecule has 0 aliphatic rings. The molecule has 0 fully saturated rings. The highest BCUT2D eigenvalue weighted by Gasteiger charge is 2.17. The second-order valence-corrected chi connectivity index (χ2v) is 8.43. The summed E-state index contributed by atoms with van der Waals surface area (Å²) in [6, 6.07) is 11.1. The van der Waals surface area contributed by atoms with Crippen molar-refractivity contribution in [3.63, 3.8) is 0 Å². The summed E-state index contributed by atoms with van der Waals surface area (Å²) in [6.07, 6.45) is 0. The smallest absolute Gasteiger partial charge is 0.338 e. The molecule has 1 N–H and O–H groups in total. The van der Waals surface area contributed by atoms with Crippen molar-refractivity contribution >= 4 is 40.8 Å². The van der Waals surface area contributed by atoms with Gasteiger partial charge in [-0.15, -0.1) is 0 Å². The number of methoxy groups -OCH3 is 1. The van der Waals surface area contributed by atoms with Gasteiger partial charge in [-0.05, 0) is 50.2 Å². The van der Waals surface area contributed by atoms with Crippen molar-refractivity contribution in [2.75, 3.05) is 24.8 Å². The number of rotatable bonds is 10. The Morgan fingerprint density at radius 2 is 1.64 bits per heavy atom. The number of esters is 1. The van der Waals surface area contributed by atoms with Crippen LogP contribution in [0.25, 0.3) is 0 Å². The molecule has 3 aromatic rings. The molecule has 0 spiro atoms. The standard InChI is InChI=1S/C24H22N4O7S/c1-14-10-15(2)26-24(25-14)36-13-22(30)27-19-11-17(6-9-21(19)34-3)23(31)35-12-20(29)16-4-7-18(8-5-16)28(32)33/h4-11H,12-13H2,1-3H3,(H,27,30). The zero-order valence-electron chi connectivity index (χ0n) is 19.6. The highest BCUT2D eigenvalue weighted by atomic mass is 32.2. The Kier molecular flexibility index (Phi) is 8.68. The van der Waals surface area contributed by atoms with Crippen LogP contribution < -0.4 is 10.1 Å². The summed E-state index contributed by atoms with van der Waals surface area (Å²) in [5.74, 6) is -1.31. The number of nitrogens with zero attached hydrogens (tertiary/aromatic N) is 3. The first kappa shape index (κ1) is 26.3. The number of hydrogen-bond donors (Lipinski definition) is 1. The van der Waals surface area contributed by atoms with Crippen LogP contribution in [0.1, 0.15) is 32.1 Å². The largest absolute Gasteiger partial charge is 0.495 e. The monoisotopic (exact) mass is 510 g/mol. The summed E-state index contributed by atoms with van der Waals surface area (Å²) in [7, 11) is 1.42. The number of nitro benzene ring substituents is 1. The molecule has 1 amide bonds. The summed E-state index contributed by atoms with van der Waals surface area (Å²) in [5.41, 5.74) is 1.95. The summed E-state index contributed by atoms with van der Waals surface area (Å²) in [4.78, 5) is 56.0. The fourth-order valence-corrected chi connectivity index (χ4v) is 3.82. The first-order valence-electron chi connectivity index (χ1n) is 10.5. The van der Waals surface area contributed by atoms with Crippen LogP contribution in [-0.4, -0.2) is 52.0 Å². The maximum atomic E-state index is 12.5. The molecule has 0 saturated carbocycles. The van der Waals surface area contributed by atoms with Gasteiger partial charge in [0, 0.05) is 29.1 Å². The van der Waals surface area contributed by atoms with E-state index < -0.39 is 23.3 Å². The lowest BCUT2D eigenvalue weighted by atomic mass is 10.1. The van der Waals surface area contributed by atoms with Crippen molar-refractivity contribution in [1.29, 1.82) is 0 Å². The maximum Gasteiger partial charge on any atom is 0.338 e. The maximum absolute atomic E-state index is 12.5. The predicted octanol–water partition coefficient (Wildman–Crippen LogP) is 3.78. The lowest BCUT2D eigenvalue weighted by Crippen LogP contribution is -2.17. The van der Waals surface area contributed by atoms with Gasteiger partial charge in [0.25, 0.3) is 5.69 Å². The highest BCUT2D eigenvalue weighted by Crippen LogP contribution is 2.26. The normalized spacial score (nSPS) is 10.4. The molecule has 1 heterocycles. The van der Waals surface area contributed by atoms with Crippen LogP contribution in [-0.2, 0) is 9.53 Å². The zero-order chi connectivity index (χ0) is 26.2. The predicted molar refractivity (Wildman–Crippen MR) is 132 cm³/mol. The molecule has 0 aliphatic heterocycles. The number of carbonyl (C=O) groups is 3. The van der Waals surface area contributed by atoms with Gasteiger partial charge in [0.2, 0.25) is 5.91 Å². The fraction of sp³-hybridized carbons (Fsp3) is 0.208. The number of ketones is 1. The second kappa shape index (κ2) is 11.9. The van der Waals surface area contributed by atoms with E-state index in [0.717, 1.165) is 11.4 Å². The number of anilines is 1. The quantitative estimate of drug-likeness (QED) is 0.107. The molecule has 0 radical (unpaired) electrons. The SMILES string of the molecule is COc1ccc(C(=O)OCC(=O)c2ccc([N+](=O)[O-])cc2)cc1NC(=O)CSc1nc(C)cc(C)n1. The van der Waals surface area contributed by atoms with E-state index >= 15 is 0 Å². The average Bonchev–Trinajstić information content (AvgIpc) is 2.85. The summed E-state index contributed by atoms with van der Waals surface area (Å²) in [6.45, 7) is 3.12. The van der Waals surface area contributed by atoms with Gasteiger partial charge >= 0.3 is 5.97 Å². The van der Waals surface area contributed by atoms with Gasteiger partial charge in [-0.25, -0.2) is 14.8 Å². The van der Waals surface area contributed by atoms with Crippen LogP contribution >= 0.6 is 11.8 Å². The molecule has 2 aromatic carbocycles. The van der Waals surface area contributed by atoms with Crippen LogP contribution in [0, 0.1) is 24.0 Å². The number of Topliss-reactive ketones (excluding diaryl/α,β-unsaturated/α-hetero) is 1. The van der Waals surface area contributed by atoms with Crippen molar-refractivity contribution in [3.05, 3.63) is 81.2 Å². The van der Waals surface area contributed by atoms with E-state index in [4.69, 9.17) is 9.47 Å². The van der Waals surface area contributed by atoms with Crippen LogP contribution in [0.4, 0.5) is 11.4 Å². The first-order valence-corrected chi connectivity index (χ1v) is 11.5. The number of thioether (sulfide) groups is 1. The number of aryl methyl sites for hydroxylation is 2. The lowest BCUT2D eigenvalue weighted by molar-refractivity contribution is -0.384. The van der Waals surface area contributed by atoms with Crippen LogP contribution in [0.2, 0.25) is 0 Å². The number of non-ortho nitro benzene ring substituents is 1. The fourth-order valence-electron chi connectivity index (χ4n) is 3.07. The van der Waals surface area contributed by atoms with Gasteiger partial charge in [-0.1, -0.05) is 11.8 Å². The van der Waals surface area contributed by atoms with Gasteiger partial charge in [0.05, 0.1) is 29.0 Å². The Hall–Kier alpha value is -4.32. The topological polar surface area (TPSA) is 151 Å². The Labute approximate surface area is 210 Å². The van der Waals surface area contributed by atoms with Crippen LogP contribution in [0.5, 0.6) is 5.75 Å². The van der Waals surface area contributed by atoms with Crippen molar-refractivity contribution < 1.29 is 28.8 Å². The molecule has 11 nitrogen and oxygen atoms in total. The zero-order valence-corrected chi connectivity index (χ0v) is 20.5. The summed E-state index contributed by atoms with van der Waals surface area (Å²) >= 11 is 1.17. The minimum Gasteiger partial charge on any atom is -0.495 e. The third-order valence-electron chi connectivity index (χ3n) is 4.74. The first-order chi connectivity index (χ1) is 17.2. The molecule has 186 valence electrons. The molecule has 0 unspecified atom stereocenters. The number of benzene rings is 2. The van der Waals surface area contributed by atoms with Crippen LogP contribution in [0.15, 0.2) is 53.7 Å². The lowest BCUT2D eigenvalue weighted by Gasteiger charge is -2.12. The van der Waals surface area contributed by atoms with E-state index in [1.807, 2.05) is 19.9 Å². The number of hydrogen-bond acceptors (Lipinski definition) is 10. The third-order valence-corrected chi connectivity index (χ3v) is 5.59. The Morgan fingerprint density at radius 1 is 1.00 bits per heavy atom. The highest BCUT2D eigenvalue weighted by molar-refractivity contribution is 7.99. The Bertz CT molecular complexity index is 1290. The van der Waals surface area contributed by atoms with E-state index in [-0.39, 0.29) is 34.2 Å². The number of carbonyl (C=O) groups excluding carboxylic acids is 3. The minimum absolute atomic E-state index is 0.0322. The number of nitro groups is 1. The number of ether oxygens (including phenoxy) is 2. The van der Waals surface area contributed by atoms with Gasteiger partial charge in [0.15, 0.2) is 17.5 Å². The average molecular weight is 511 g/mol. The molecule has 36 heavy (non-hydrogen) atoms. The van der Waals surface area contributed by atoms with E-state index in [2.05, 4.69) is 15.3 Å². The molecular formula is C24H22N4O7S. The van der Waals surface area contributed by atoms with E-state index in [1.54, 1.807) is 0 Å².